The van der Waals surface area contributed by atoms with Gasteiger partial charge in [-0.3, -0.25) is 4.79 Å². The summed E-state index contributed by atoms with van der Waals surface area (Å²) in [6.07, 6.45) is 5.70. The highest BCUT2D eigenvalue weighted by atomic mass is 16.5. The smallest absolute Gasteiger partial charge is 0.226 e. The van der Waals surface area contributed by atoms with Crippen molar-refractivity contribution in [2.24, 2.45) is 17.8 Å². The number of rotatable bonds is 4. The van der Waals surface area contributed by atoms with Crippen molar-refractivity contribution in [2.75, 3.05) is 0 Å². The van der Waals surface area contributed by atoms with E-state index in [0.29, 0.717) is 12.3 Å². The van der Waals surface area contributed by atoms with Gasteiger partial charge in [-0.2, -0.15) is 0 Å². The van der Waals surface area contributed by atoms with Crippen LogP contribution in [0.5, 0.6) is 0 Å². The fraction of sp³-hybridized carbons (Fsp3) is 0.556. The van der Waals surface area contributed by atoms with Gasteiger partial charge in [-0.25, -0.2) is 0 Å². The molecule has 4 atom stereocenters. The summed E-state index contributed by atoms with van der Waals surface area (Å²) in [6.45, 7) is 2.16. The summed E-state index contributed by atoms with van der Waals surface area (Å²) in [5.41, 5.74) is 1.47. The number of hydrogen-bond acceptors (Lipinski definition) is 3. The normalized spacial score (nSPS) is 28.1. The fourth-order valence-corrected chi connectivity index (χ4v) is 4.54. The number of carbonyl (C=O) groups is 1. The van der Waals surface area contributed by atoms with E-state index in [0.717, 1.165) is 28.5 Å². The summed E-state index contributed by atoms with van der Waals surface area (Å²) >= 11 is 0. The molecule has 2 aliphatic carbocycles. The molecule has 4 rings (SSSR count). The number of benzene rings is 1. The SMILES string of the molecule is C[C@H](NC(=O)Cc1noc2ccccc12)[C@H]1C[C@H]2CC[C@H]1C2. The summed E-state index contributed by atoms with van der Waals surface area (Å²) in [6, 6.07) is 7.95. The van der Waals surface area contributed by atoms with Crippen molar-refractivity contribution in [1.29, 1.82) is 0 Å². The predicted octanol–water partition coefficient (Wildman–Crippen LogP) is 3.31. The lowest BCUT2D eigenvalue weighted by Crippen LogP contribution is -2.40. The highest BCUT2D eigenvalue weighted by molar-refractivity contribution is 5.86. The van der Waals surface area contributed by atoms with E-state index in [4.69, 9.17) is 4.52 Å². The highest BCUT2D eigenvalue weighted by Crippen LogP contribution is 2.49. The van der Waals surface area contributed by atoms with E-state index in [1.165, 1.54) is 25.7 Å². The standard InChI is InChI=1S/C18H22N2O2/c1-11(15-9-12-6-7-13(15)8-12)19-18(21)10-16-14-4-2-3-5-17(14)22-20-16/h2-5,11-13,15H,6-10H2,1H3,(H,19,21)/t11-,12-,13-,15+/m0/s1. The Labute approximate surface area is 130 Å². The zero-order valence-electron chi connectivity index (χ0n) is 12.9. The third kappa shape index (κ3) is 2.40. The third-order valence-electron chi connectivity index (χ3n) is 5.60. The lowest BCUT2D eigenvalue weighted by Gasteiger charge is -2.28. The summed E-state index contributed by atoms with van der Waals surface area (Å²) in [4.78, 5) is 12.3. The van der Waals surface area contributed by atoms with Crippen LogP contribution in [0.3, 0.4) is 0 Å². The van der Waals surface area contributed by atoms with Crippen LogP contribution in [0.15, 0.2) is 28.8 Å². The second kappa shape index (κ2) is 5.41. The molecule has 1 aromatic carbocycles. The Kier molecular flexibility index (Phi) is 3.40. The van der Waals surface area contributed by atoms with E-state index < -0.39 is 0 Å². The van der Waals surface area contributed by atoms with Gasteiger partial charge in [0.2, 0.25) is 5.91 Å². The Morgan fingerprint density at radius 1 is 1.36 bits per heavy atom. The Hall–Kier alpha value is -1.84. The summed E-state index contributed by atoms with van der Waals surface area (Å²) in [5.74, 6) is 2.45. The predicted molar refractivity (Wildman–Crippen MR) is 84.3 cm³/mol. The lowest BCUT2D eigenvalue weighted by atomic mass is 9.84. The molecule has 0 spiro atoms. The van der Waals surface area contributed by atoms with Gasteiger partial charge in [-0.1, -0.05) is 23.7 Å². The molecule has 2 aliphatic rings. The average molecular weight is 298 g/mol. The van der Waals surface area contributed by atoms with Crippen molar-refractivity contribution in [3.8, 4) is 0 Å². The quantitative estimate of drug-likeness (QED) is 0.942. The van der Waals surface area contributed by atoms with Crippen molar-refractivity contribution in [3.05, 3.63) is 30.0 Å². The van der Waals surface area contributed by atoms with Crippen LogP contribution in [-0.4, -0.2) is 17.1 Å². The maximum atomic E-state index is 12.3. The number of nitrogens with one attached hydrogen (secondary N) is 1. The van der Waals surface area contributed by atoms with Crippen LogP contribution < -0.4 is 5.32 Å². The van der Waals surface area contributed by atoms with Gasteiger partial charge in [0.25, 0.3) is 0 Å². The molecule has 0 saturated heterocycles. The molecule has 1 amide bonds. The minimum atomic E-state index is 0.0503. The van der Waals surface area contributed by atoms with E-state index in [2.05, 4.69) is 17.4 Å². The molecule has 116 valence electrons. The van der Waals surface area contributed by atoms with E-state index in [-0.39, 0.29) is 11.9 Å². The Morgan fingerprint density at radius 2 is 2.23 bits per heavy atom. The molecule has 2 fully saturated rings. The fourth-order valence-electron chi connectivity index (χ4n) is 4.54. The van der Waals surface area contributed by atoms with Crippen LogP contribution in [0, 0.1) is 17.8 Å². The lowest BCUT2D eigenvalue weighted by molar-refractivity contribution is -0.121. The van der Waals surface area contributed by atoms with E-state index in [9.17, 15) is 4.79 Å². The van der Waals surface area contributed by atoms with Gasteiger partial charge in [-0.05, 0) is 56.1 Å². The van der Waals surface area contributed by atoms with Gasteiger partial charge in [-0.15, -0.1) is 0 Å². The maximum Gasteiger partial charge on any atom is 0.226 e. The minimum Gasteiger partial charge on any atom is -0.356 e. The molecule has 2 bridgehead atoms. The number of nitrogens with zero attached hydrogens (tertiary/aromatic N) is 1. The van der Waals surface area contributed by atoms with E-state index >= 15 is 0 Å². The zero-order chi connectivity index (χ0) is 15.1. The number of para-hydroxylation sites is 1. The second-order valence-electron chi connectivity index (χ2n) is 7.00. The molecule has 1 heterocycles. The van der Waals surface area contributed by atoms with E-state index in [1.807, 2.05) is 24.3 Å². The van der Waals surface area contributed by atoms with Crippen molar-refractivity contribution in [2.45, 2.75) is 45.1 Å². The van der Waals surface area contributed by atoms with Crippen LogP contribution >= 0.6 is 0 Å². The molecule has 4 heteroatoms. The van der Waals surface area contributed by atoms with Gasteiger partial charge in [0.1, 0.15) is 5.69 Å². The van der Waals surface area contributed by atoms with Gasteiger partial charge in [0.05, 0.1) is 6.42 Å². The van der Waals surface area contributed by atoms with Crippen LogP contribution in [0.2, 0.25) is 0 Å². The molecule has 0 aliphatic heterocycles. The molecule has 4 nitrogen and oxygen atoms in total. The summed E-state index contributed by atoms with van der Waals surface area (Å²) in [5, 5.41) is 8.17. The number of carbonyl (C=O) groups excluding carboxylic acids is 1. The van der Waals surface area contributed by atoms with Gasteiger partial charge < -0.3 is 9.84 Å². The Bertz CT molecular complexity index is 693. The second-order valence-corrected chi connectivity index (χ2v) is 7.00. The molecular weight excluding hydrogens is 276 g/mol. The molecule has 2 saturated carbocycles. The van der Waals surface area contributed by atoms with E-state index in [1.54, 1.807) is 0 Å². The highest BCUT2D eigenvalue weighted by Gasteiger charge is 2.42. The van der Waals surface area contributed by atoms with Crippen molar-refractivity contribution in [3.63, 3.8) is 0 Å². The van der Waals surface area contributed by atoms with Gasteiger partial charge in [0, 0.05) is 11.4 Å². The van der Waals surface area contributed by atoms with Crippen LogP contribution in [0.25, 0.3) is 11.0 Å². The first-order chi connectivity index (χ1) is 10.7. The molecule has 0 unspecified atom stereocenters. The maximum absolute atomic E-state index is 12.3. The zero-order valence-corrected chi connectivity index (χ0v) is 12.9. The van der Waals surface area contributed by atoms with Gasteiger partial charge >= 0.3 is 0 Å². The molecule has 1 aromatic heterocycles. The largest absolute Gasteiger partial charge is 0.356 e. The Balaban J connectivity index is 1.40. The van der Waals surface area contributed by atoms with Gasteiger partial charge in [0.15, 0.2) is 5.58 Å². The number of hydrogen-bond donors (Lipinski definition) is 1. The molecule has 1 N–H and O–H groups in total. The summed E-state index contributed by atoms with van der Waals surface area (Å²) in [7, 11) is 0. The first-order valence-electron chi connectivity index (χ1n) is 8.33. The summed E-state index contributed by atoms with van der Waals surface area (Å²) < 4.78 is 5.26. The molecule has 0 radical (unpaired) electrons. The van der Waals surface area contributed by atoms with Crippen molar-refractivity contribution >= 4 is 16.9 Å². The Morgan fingerprint density at radius 3 is 3.00 bits per heavy atom. The first-order valence-corrected chi connectivity index (χ1v) is 8.33. The van der Waals surface area contributed by atoms with Crippen LogP contribution in [0.4, 0.5) is 0 Å². The number of fused-ring (bicyclic) bond motifs is 3. The molecule has 22 heavy (non-hydrogen) atoms. The van der Waals surface area contributed by atoms with Crippen LogP contribution in [0.1, 0.15) is 38.3 Å². The monoisotopic (exact) mass is 298 g/mol. The van der Waals surface area contributed by atoms with Crippen molar-refractivity contribution < 1.29 is 9.32 Å². The molecular formula is C18H22N2O2. The van der Waals surface area contributed by atoms with Crippen LogP contribution in [-0.2, 0) is 11.2 Å². The number of aromatic nitrogens is 1. The topological polar surface area (TPSA) is 55.1 Å². The van der Waals surface area contributed by atoms with Crippen molar-refractivity contribution in [1.82, 2.24) is 10.5 Å². The average Bonchev–Trinajstić information content (AvgIpc) is 3.22. The minimum absolute atomic E-state index is 0.0503. The number of amides is 1. The first kappa shape index (κ1) is 13.8. The third-order valence-corrected chi connectivity index (χ3v) is 5.60. The molecule has 2 aromatic rings.